The van der Waals surface area contributed by atoms with E-state index in [1.807, 2.05) is 0 Å². The van der Waals surface area contributed by atoms with Gasteiger partial charge in [-0.3, -0.25) is 9.59 Å². The number of hydrogen-bond donors (Lipinski definition) is 0. The van der Waals surface area contributed by atoms with Crippen LogP contribution < -0.4 is 0 Å². The predicted octanol–water partition coefficient (Wildman–Crippen LogP) is 2.46. The Bertz CT molecular complexity index is 316. The first-order valence-corrected chi connectivity index (χ1v) is 7.17. The molecular weight excluding hydrogens is 252 g/mol. The fourth-order valence-corrected chi connectivity index (χ4v) is 3.16. The van der Waals surface area contributed by atoms with E-state index in [4.69, 9.17) is 9.47 Å². The highest BCUT2D eigenvalue weighted by Gasteiger charge is 2.40. The van der Waals surface area contributed by atoms with Crippen LogP contribution >= 0.6 is 11.8 Å². The topological polar surface area (TPSA) is 52.6 Å². The second-order valence-corrected chi connectivity index (χ2v) is 6.31. The molecule has 1 fully saturated rings. The number of thioether (sulfide) groups is 1. The number of ether oxygens (including phenoxy) is 2. The summed E-state index contributed by atoms with van der Waals surface area (Å²) in [6, 6.07) is 0. The van der Waals surface area contributed by atoms with Gasteiger partial charge in [-0.15, -0.1) is 0 Å². The Morgan fingerprint density at radius 1 is 1.11 bits per heavy atom. The molecule has 1 heterocycles. The van der Waals surface area contributed by atoms with Crippen LogP contribution in [0, 0.1) is 17.8 Å². The number of rotatable bonds is 3. The quantitative estimate of drug-likeness (QED) is 0.740. The van der Waals surface area contributed by atoms with E-state index in [0.717, 1.165) is 0 Å². The Balaban J connectivity index is 2.67. The molecule has 0 radical (unpaired) electrons. The maximum Gasteiger partial charge on any atom is 0.302 e. The van der Waals surface area contributed by atoms with Gasteiger partial charge in [0.05, 0.1) is 6.10 Å². The fraction of sp³-hybridized carbons (Fsp3) is 0.846. The SMILES string of the molecule is CC(=O)OCC1O[C@@H](SC(C)=O)C(C)[C@@H](C)[C@@H]1C. The van der Waals surface area contributed by atoms with Crippen molar-refractivity contribution in [2.24, 2.45) is 17.8 Å². The van der Waals surface area contributed by atoms with Crippen LogP contribution in [-0.4, -0.2) is 29.2 Å². The predicted molar refractivity (Wildman–Crippen MR) is 71.1 cm³/mol. The van der Waals surface area contributed by atoms with Gasteiger partial charge in [0.1, 0.15) is 12.0 Å². The molecule has 4 nitrogen and oxygen atoms in total. The zero-order chi connectivity index (χ0) is 13.9. The monoisotopic (exact) mass is 274 g/mol. The van der Waals surface area contributed by atoms with Crippen molar-refractivity contribution in [2.45, 2.75) is 46.2 Å². The summed E-state index contributed by atoms with van der Waals surface area (Å²) in [6.07, 6.45) is -0.128. The molecule has 1 saturated heterocycles. The Kier molecular flexibility index (Phi) is 5.66. The molecule has 0 saturated carbocycles. The van der Waals surface area contributed by atoms with Crippen LogP contribution in [0.2, 0.25) is 0 Å². The molecule has 5 atom stereocenters. The van der Waals surface area contributed by atoms with Crippen molar-refractivity contribution in [2.75, 3.05) is 6.61 Å². The number of esters is 1. The number of hydrogen-bond acceptors (Lipinski definition) is 5. The molecule has 1 aliphatic rings. The molecular formula is C13H22O4S. The first kappa shape index (κ1) is 15.5. The number of carbonyl (C=O) groups excluding carboxylic acids is 2. The molecule has 0 amide bonds. The van der Waals surface area contributed by atoms with Crippen molar-refractivity contribution >= 4 is 22.8 Å². The largest absolute Gasteiger partial charge is 0.463 e. The Morgan fingerprint density at radius 2 is 1.72 bits per heavy atom. The van der Waals surface area contributed by atoms with E-state index in [9.17, 15) is 9.59 Å². The van der Waals surface area contributed by atoms with Crippen molar-refractivity contribution in [3.8, 4) is 0 Å². The lowest BCUT2D eigenvalue weighted by Crippen LogP contribution is -2.45. The molecule has 0 bridgehead atoms. The molecule has 5 heteroatoms. The molecule has 1 aliphatic heterocycles. The second-order valence-electron chi connectivity index (χ2n) is 5.03. The van der Waals surface area contributed by atoms with Gasteiger partial charge in [-0.25, -0.2) is 0 Å². The average Bonchev–Trinajstić information content (AvgIpc) is 2.27. The lowest BCUT2D eigenvalue weighted by molar-refractivity contribution is -0.156. The van der Waals surface area contributed by atoms with Crippen LogP contribution in [0.15, 0.2) is 0 Å². The highest BCUT2D eigenvalue weighted by molar-refractivity contribution is 8.14. The minimum atomic E-state index is -0.298. The maximum atomic E-state index is 11.2. The summed E-state index contributed by atoms with van der Waals surface area (Å²) in [6.45, 7) is 9.56. The zero-order valence-electron chi connectivity index (χ0n) is 11.6. The molecule has 0 aromatic carbocycles. The van der Waals surface area contributed by atoms with Crippen LogP contribution in [0.3, 0.4) is 0 Å². The normalized spacial score (nSPS) is 36.2. The van der Waals surface area contributed by atoms with Gasteiger partial charge < -0.3 is 9.47 Å². The third kappa shape index (κ3) is 3.99. The van der Waals surface area contributed by atoms with Crippen molar-refractivity contribution in [1.82, 2.24) is 0 Å². The van der Waals surface area contributed by atoms with E-state index in [2.05, 4.69) is 20.8 Å². The number of carbonyl (C=O) groups is 2. The van der Waals surface area contributed by atoms with Gasteiger partial charge in [0, 0.05) is 13.8 Å². The minimum absolute atomic E-state index is 0.0554. The maximum absolute atomic E-state index is 11.2. The van der Waals surface area contributed by atoms with Crippen LogP contribution in [0.4, 0.5) is 0 Å². The Hall–Kier alpha value is -0.550. The van der Waals surface area contributed by atoms with E-state index in [1.54, 1.807) is 6.92 Å². The van der Waals surface area contributed by atoms with E-state index in [-0.39, 0.29) is 29.2 Å². The van der Waals surface area contributed by atoms with Gasteiger partial charge in [0.25, 0.3) is 0 Å². The average molecular weight is 274 g/mol. The fourth-order valence-electron chi connectivity index (χ4n) is 2.17. The van der Waals surface area contributed by atoms with Crippen molar-refractivity contribution in [3.63, 3.8) is 0 Å². The standard InChI is InChI=1S/C13H22O4S/c1-7-8(2)12(6-16-10(4)14)17-13(9(7)3)18-11(5)15/h7-9,12-13H,6H2,1-5H3/t7-,8-,9?,12?,13-/m0/s1. The van der Waals surface area contributed by atoms with Crippen molar-refractivity contribution in [1.29, 1.82) is 0 Å². The minimum Gasteiger partial charge on any atom is -0.463 e. The van der Waals surface area contributed by atoms with Crippen molar-refractivity contribution < 1.29 is 19.1 Å². The molecule has 2 unspecified atom stereocenters. The summed E-state index contributed by atoms with van der Waals surface area (Å²) in [5, 5.41) is 0.0554. The molecule has 0 aromatic heterocycles. The summed E-state index contributed by atoms with van der Waals surface area (Å²) in [5.41, 5.74) is -0.144. The van der Waals surface area contributed by atoms with Gasteiger partial charge in [0.15, 0.2) is 5.12 Å². The molecule has 104 valence electrons. The van der Waals surface area contributed by atoms with Gasteiger partial charge >= 0.3 is 5.97 Å². The molecule has 0 N–H and O–H groups in total. The lowest BCUT2D eigenvalue weighted by atomic mass is 9.80. The first-order valence-electron chi connectivity index (χ1n) is 6.29. The zero-order valence-corrected chi connectivity index (χ0v) is 12.5. The third-order valence-electron chi connectivity index (χ3n) is 3.72. The summed E-state index contributed by atoms with van der Waals surface area (Å²) in [7, 11) is 0. The van der Waals surface area contributed by atoms with Gasteiger partial charge in [-0.05, 0) is 17.8 Å². The van der Waals surface area contributed by atoms with Gasteiger partial charge in [-0.1, -0.05) is 32.5 Å². The highest BCUT2D eigenvalue weighted by Crippen LogP contribution is 2.39. The molecule has 0 aromatic rings. The molecule has 0 spiro atoms. The van der Waals surface area contributed by atoms with Gasteiger partial charge in [-0.2, -0.15) is 0 Å². The Labute approximate surface area is 113 Å². The highest BCUT2D eigenvalue weighted by atomic mass is 32.2. The lowest BCUT2D eigenvalue weighted by Gasteiger charge is -2.42. The summed E-state index contributed by atoms with van der Waals surface area (Å²) in [4.78, 5) is 22.1. The summed E-state index contributed by atoms with van der Waals surface area (Å²) < 4.78 is 10.9. The van der Waals surface area contributed by atoms with E-state index < -0.39 is 0 Å². The second kappa shape index (κ2) is 6.57. The van der Waals surface area contributed by atoms with Gasteiger partial charge in [0.2, 0.25) is 0 Å². The molecule has 18 heavy (non-hydrogen) atoms. The smallest absolute Gasteiger partial charge is 0.302 e. The van der Waals surface area contributed by atoms with Crippen LogP contribution in [0.1, 0.15) is 34.6 Å². The molecule has 1 rings (SSSR count). The van der Waals surface area contributed by atoms with E-state index in [1.165, 1.54) is 18.7 Å². The Morgan fingerprint density at radius 3 is 2.22 bits per heavy atom. The summed E-state index contributed by atoms with van der Waals surface area (Å²) in [5.74, 6) is 0.745. The summed E-state index contributed by atoms with van der Waals surface area (Å²) >= 11 is 1.23. The third-order valence-corrected chi connectivity index (χ3v) is 4.82. The van der Waals surface area contributed by atoms with E-state index in [0.29, 0.717) is 17.8 Å². The van der Waals surface area contributed by atoms with Crippen molar-refractivity contribution in [3.05, 3.63) is 0 Å². The van der Waals surface area contributed by atoms with Crippen LogP contribution in [0.5, 0.6) is 0 Å². The van der Waals surface area contributed by atoms with E-state index >= 15 is 0 Å². The molecule has 0 aliphatic carbocycles. The first-order chi connectivity index (χ1) is 8.32. The van der Waals surface area contributed by atoms with Crippen LogP contribution in [-0.2, 0) is 19.1 Å². The van der Waals surface area contributed by atoms with Crippen LogP contribution in [0.25, 0.3) is 0 Å².